The molecule has 8 heteroatoms. The number of hydrogen-bond acceptors (Lipinski definition) is 6. The summed E-state index contributed by atoms with van der Waals surface area (Å²) >= 11 is 0. The Morgan fingerprint density at radius 2 is 2.26 bits per heavy atom. The second-order valence-corrected chi connectivity index (χ2v) is 7.05. The minimum absolute atomic E-state index is 0.0548. The van der Waals surface area contributed by atoms with E-state index in [0.29, 0.717) is 44.4 Å². The number of nitrogens with zero attached hydrogens (tertiary/aromatic N) is 4. The molecule has 2 aliphatic rings. The largest absolute Gasteiger partial charge is 0.474 e. The molecular weight excluding hydrogens is 348 g/mol. The zero-order valence-corrected chi connectivity index (χ0v) is 15.4. The molecule has 0 aliphatic carbocycles. The van der Waals surface area contributed by atoms with E-state index in [-0.39, 0.29) is 17.6 Å². The predicted molar refractivity (Wildman–Crippen MR) is 96.6 cm³/mol. The Labute approximate surface area is 158 Å². The molecule has 0 bridgehead atoms. The molecule has 2 aromatic heterocycles. The molecule has 0 saturated carbocycles. The SMILES string of the molecule is COCCn1ccc(C(=O)N2CC3(C[C@@H](Oc4ccccn4)CCO3)C2)n1. The van der Waals surface area contributed by atoms with Crippen molar-refractivity contribution in [1.82, 2.24) is 19.7 Å². The highest BCUT2D eigenvalue weighted by Crippen LogP contribution is 2.36. The average molecular weight is 372 g/mol. The number of amides is 1. The maximum absolute atomic E-state index is 12.6. The van der Waals surface area contributed by atoms with Crippen LogP contribution < -0.4 is 4.74 Å². The molecule has 2 saturated heterocycles. The minimum atomic E-state index is -0.314. The van der Waals surface area contributed by atoms with Crippen LogP contribution in [-0.2, 0) is 16.0 Å². The zero-order chi connectivity index (χ0) is 18.7. The molecule has 0 N–H and O–H groups in total. The summed E-state index contributed by atoms with van der Waals surface area (Å²) in [4.78, 5) is 18.6. The predicted octanol–water partition coefficient (Wildman–Crippen LogP) is 1.38. The van der Waals surface area contributed by atoms with E-state index in [9.17, 15) is 4.79 Å². The normalized spacial score (nSPS) is 21.1. The van der Waals surface area contributed by atoms with Gasteiger partial charge in [-0.15, -0.1) is 0 Å². The van der Waals surface area contributed by atoms with E-state index in [0.717, 1.165) is 12.8 Å². The Morgan fingerprint density at radius 3 is 3.04 bits per heavy atom. The number of carbonyl (C=O) groups excluding carboxylic acids is 1. The van der Waals surface area contributed by atoms with E-state index in [1.807, 2.05) is 18.2 Å². The Morgan fingerprint density at radius 1 is 1.37 bits per heavy atom. The molecule has 8 nitrogen and oxygen atoms in total. The summed E-state index contributed by atoms with van der Waals surface area (Å²) in [6.07, 6.45) is 5.17. The smallest absolute Gasteiger partial charge is 0.274 e. The molecule has 1 atom stereocenters. The molecule has 2 fully saturated rings. The van der Waals surface area contributed by atoms with Gasteiger partial charge in [0.05, 0.1) is 32.8 Å². The number of methoxy groups -OCH3 is 1. The molecule has 0 unspecified atom stereocenters. The molecule has 27 heavy (non-hydrogen) atoms. The molecule has 1 amide bonds. The lowest BCUT2D eigenvalue weighted by Crippen LogP contribution is -2.67. The maximum atomic E-state index is 12.6. The van der Waals surface area contributed by atoms with Crippen molar-refractivity contribution < 1.29 is 19.0 Å². The summed E-state index contributed by atoms with van der Waals surface area (Å²) in [5, 5.41) is 4.33. The first-order chi connectivity index (χ1) is 13.2. The third kappa shape index (κ3) is 3.96. The van der Waals surface area contributed by atoms with E-state index in [2.05, 4.69) is 10.1 Å². The van der Waals surface area contributed by atoms with Crippen molar-refractivity contribution in [2.75, 3.05) is 33.4 Å². The van der Waals surface area contributed by atoms with E-state index >= 15 is 0 Å². The lowest BCUT2D eigenvalue weighted by atomic mass is 9.84. The summed E-state index contributed by atoms with van der Waals surface area (Å²) in [5.74, 6) is 0.571. The lowest BCUT2D eigenvalue weighted by Gasteiger charge is -2.52. The highest BCUT2D eigenvalue weighted by atomic mass is 16.5. The monoisotopic (exact) mass is 372 g/mol. The molecule has 144 valence electrons. The van der Waals surface area contributed by atoms with Gasteiger partial charge in [-0.1, -0.05) is 6.07 Å². The first-order valence-electron chi connectivity index (χ1n) is 9.21. The van der Waals surface area contributed by atoms with Gasteiger partial charge in [0.25, 0.3) is 5.91 Å². The van der Waals surface area contributed by atoms with E-state index in [4.69, 9.17) is 14.2 Å². The molecule has 4 heterocycles. The molecule has 1 spiro atoms. The van der Waals surface area contributed by atoms with Crippen molar-refractivity contribution in [2.24, 2.45) is 0 Å². The fourth-order valence-electron chi connectivity index (χ4n) is 3.63. The van der Waals surface area contributed by atoms with Gasteiger partial charge in [0.15, 0.2) is 0 Å². The summed E-state index contributed by atoms with van der Waals surface area (Å²) in [6.45, 7) is 2.96. The Kier molecular flexibility index (Phi) is 5.09. The standard InChI is InChI=1S/C19H24N4O4/c1-25-11-9-23-8-5-16(21-23)18(24)22-13-19(14-22)12-15(6-10-26-19)27-17-4-2-3-7-20-17/h2-5,7-8,15H,6,9-14H2,1H3/t15-/m0/s1. The van der Waals surface area contributed by atoms with Gasteiger partial charge in [-0.2, -0.15) is 5.10 Å². The summed E-state index contributed by atoms with van der Waals surface area (Å²) < 4.78 is 18.7. The number of pyridine rings is 1. The first kappa shape index (κ1) is 17.9. The zero-order valence-electron chi connectivity index (χ0n) is 15.4. The van der Waals surface area contributed by atoms with Crippen LogP contribution in [0.5, 0.6) is 5.88 Å². The third-order valence-corrected chi connectivity index (χ3v) is 5.00. The van der Waals surface area contributed by atoms with Crippen LogP contribution >= 0.6 is 0 Å². The van der Waals surface area contributed by atoms with Crippen LogP contribution in [-0.4, -0.2) is 70.7 Å². The highest BCUT2D eigenvalue weighted by molar-refractivity contribution is 5.93. The lowest BCUT2D eigenvalue weighted by molar-refractivity contribution is -0.174. The van der Waals surface area contributed by atoms with Gasteiger partial charge in [0, 0.05) is 38.4 Å². The maximum Gasteiger partial charge on any atom is 0.274 e. The number of aromatic nitrogens is 3. The number of likely N-dealkylation sites (tertiary alicyclic amines) is 1. The third-order valence-electron chi connectivity index (χ3n) is 5.00. The Hall–Kier alpha value is -2.45. The number of carbonyl (C=O) groups is 1. The topological polar surface area (TPSA) is 78.7 Å². The van der Waals surface area contributed by atoms with Gasteiger partial charge in [-0.3, -0.25) is 9.48 Å². The second kappa shape index (κ2) is 7.66. The number of hydrogen-bond donors (Lipinski definition) is 0. The van der Waals surface area contributed by atoms with Crippen molar-refractivity contribution in [2.45, 2.75) is 31.1 Å². The summed E-state index contributed by atoms with van der Waals surface area (Å²) in [7, 11) is 1.64. The van der Waals surface area contributed by atoms with Gasteiger partial charge in [-0.05, 0) is 12.1 Å². The van der Waals surface area contributed by atoms with Gasteiger partial charge in [-0.25, -0.2) is 4.98 Å². The number of ether oxygens (including phenoxy) is 3. The molecule has 0 aromatic carbocycles. The van der Waals surface area contributed by atoms with E-state index in [1.165, 1.54) is 0 Å². The van der Waals surface area contributed by atoms with Crippen molar-refractivity contribution in [3.05, 3.63) is 42.4 Å². The summed E-state index contributed by atoms with van der Waals surface area (Å²) in [6, 6.07) is 7.38. The molecule has 2 aliphatic heterocycles. The molecule has 0 radical (unpaired) electrons. The van der Waals surface area contributed by atoms with E-state index in [1.54, 1.807) is 35.2 Å². The quantitative estimate of drug-likeness (QED) is 0.762. The second-order valence-electron chi connectivity index (χ2n) is 7.05. The summed E-state index contributed by atoms with van der Waals surface area (Å²) in [5.41, 5.74) is 0.143. The fourth-order valence-corrected chi connectivity index (χ4v) is 3.63. The van der Waals surface area contributed by atoms with E-state index < -0.39 is 0 Å². The van der Waals surface area contributed by atoms with Crippen LogP contribution in [0, 0.1) is 0 Å². The first-order valence-corrected chi connectivity index (χ1v) is 9.21. The van der Waals surface area contributed by atoms with Crippen LogP contribution in [0.1, 0.15) is 23.3 Å². The Bertz CT molecular complexity index is 773. The average Bonchev–Trinajstić information content (AvgIpc) is 3.14. The van der Waals surface area contributed by atoms with Crippen LogP contribution in [0.15, 0.2) is 36.7 Å². The van der Waals surface area contributed by atoms with Gasteiger partial charge >= 0.3 is 0 Å². The molecule has 4 rings (SSSR count). The van der Waals surface area contributed by atoms with Gasteiger partial charge < -0.3 is 19.1 Å². The van der Waals surface area contributed by atoms with Gasteiger partial charge in [0.1, 0.15) is 17.4 Å². The van der Waals surface area contributed by atoms with Crippen molar-refractivity contribution >= 4 is 5.91 Å². The van der Waals surface area contributed by atoms with Crippen LogP contribution in [0.3, 0.4) is 0 Å². The molecule has 2 aromatic rings. The molecular formula is C19H24N4O4. The highest BCUT2D eigenvalue weighted by Gasteiger charge is 2.50. The van der Waals surface area contributed by atoms with Crippen molar-refractivity contribution in [3.8, 4) is 5.88 Å². The van der Waals surface area contributed by atoms with Crippen LogP contribution in [0.2, 0.25) is 0 Å². The Balaban J connectivity index is 1.32. The van der Waals surface area contributed by atoms with Crippen LogP contribution in [0.25, 0.3) is 0 Å². The number of rotatable bonds is 6. The van der Waals surface area contributed by atoms with Crippen molar-refractivity contribution in [3.63, 3.8) is 0 Å². The van der Waals surface area contributed by atoms with Crippen LogP contribution in [0.4, 0.5) is 0 Å². The fraction of sp³-hybridized carbons (Fsp3) is 0.526. The van der Waals surface area contributed by atoms with Gasteiger partial charge in [0.2, 0.25) is 5.88 Å². The minimum Gasteiger partial charge on any atom is -0.474 e. The van der Waals surface area contributed by atoms with Crippen molar-refractivity contribution in [1.29, 1.82) is 0 Å².